The highest BCUT2D eigenvalue weighted by molar-refractivity contribution is 5.91. The summed E-state index contributed by atoms with van der Waals surface area (Å²) in [5.41, 5.74) is 4.54. The number of aryl methyl sites for hydroxylation is 2. The van der Waals surface area contributed by atoms with Crippen LogP contribution < -0.4 is 4.74 Å². The van der Waals surface area contributed by atoms with Crippen LogP contribution in [0.15, 0.2) is 73.3 Å². The van der Waals surface area contributed by atoms with Crippen molar-refractivity contribution in [2.75, 3.05) is 0 Å². The van der Waals surface area contributed by atoms with Gasteiger partial charge in [-0.1, -0.05) is 83.8 Å². The minimum atomic E-state index is -0.413. The molecule has 0 saturated heterocycles. The Morgan fingerprint density at radius 1 is 0.548 bits per heavy atom. The number of rotatable bonds is 17. The smallest absolute Gasteiger partial charge is 0.343 e. The van der Waals surface area contributed by atoms with Crippen molar-refractivity contribution in [3.63, 3.8) is 0 Å². The maximum absolute atomic E-state index is 12.7. The molecule has 0 N–H and O–H groups in total. The summed E-state index contributed by atoms with van der Waals surface area (Å²) in [5, 5.41) is 0. The minimum Gasteiger partial charge on any atom is -0.423 e. The number of carbonyl (C=O) groups excluding carboxylic acids is 1. The molecule has 0 radical (unpaired) electrons. The molecule has 2 aromatic carbocycles. The van der Waals surface area contributed by atoms with Gasteiger partial charge in [0.05, 0.1) is 5.56 Å². The van der Waals surface area contributed by atoms with Crippen molar-refractivity contribution in [1.29, 1.82) is 0 Å². The molecule has 4 aromatic rings. The predicted octanol–water partition coefficient (Wildman–Crippen LogP) is 9.24. The fourth-order valence-electron chi connectivity index (χ4n) is 4.90. The van der Waals surface area contributed by atoms with E-state index >= 15 is 0 Å². The Morgan fingerprint density at radius 2 is 0.952 bits per heavy atom. The zero-order chi connectivity index (χ0) is 29.4. The Hall–Kier alpha value is -3.93. The van der Waals surface area contributed by atoms with Gasteiger partial charge in [-0.2, -0.15) is 0 Å². The van der Waals surface area contributed by atoms with Crippen LogP contribution in [0.2, 0.25) is 0 Å². The average molecular weight is 565 g/mol. The van der Waals surface area contributed by atoms with Crippen molar-refractivity contribution >= 4 is 5.97 Å². The van der Waals surface area contributed by atoms with Crippen LogP contribution in [-0.2, 0) is 12.8 Å². The first-order chi connectivity index (χ1) is 20.7. The van der Waals surface area contributed by atoms with Crippen molar-refractivity contribution in [2.45, 2.75) is 97.3 Å². The quantitative estimate of drug-likeness (QED) is 0.0722. The number of ether oxygens (including phenoxy) is 1. The first-order valence-electron chi connectivity index (χ1n) is 15.7. The number of hydrogen-bond donors (Lipinski definition) is 0. The van der Waals surface area contributed by atoms with Crippen LogP contribution in [0.25, 0.3) is 22.8 Å². The van der Waals surface area contributed by atoms with E-state index < -0.39 is 5.97 Å². The van der Waals surface area contributed by atoms with E-state index in [-0.39, 0.29) is 0 Å². The van der Waals surface area contributed by atoms with Crippen LogP contribution >= 0.6 is 0 Å². The summed E-state index contributed by atoms with van der Waals surface area (Å²) in [6.07, 6.45) is 23.6. The lowest BCUT2D eigenvalue weighted by atomic mass is 10.1. The normalized spacial score (nSPS) is 11.0. The molecule has 0 unspecified atom stereocenters. The SMILES string of the molecule is CCCCCCCCCc1cnc(-c2ccc(OC(=O)c3ccc(-c4ncc(CCCCCC)cn4)cc3)cc2)nc1. The van der Waals surface area contributed by atoms with E-state index in [0.717, 1.165) is 36.0 Å². The number of aromatic nitrogens is 4. The van der Waals surface area contributed by atoms with Gasteiger partial charge in [0.15, 0.2) is 11.6 Å². The lowest BCUT2D eigenvalue weighted by molar-refractivity contribution is 0.0735. The van der Waals surface area contributed by atoms with Gasteiger partial charge < -0.3 is 4.74 Å². The highest BCUT2D eigenvalue weighted by Gasteiger charge is 2.11. The summed E-state index contributed by atoms with van der Waals surface area (Å²) >= 11 is 0. The molecule has 0 amide bonds. The highest BCUT2D eigenvalue weighted by Crippen LogP contribution is 2.22. The maximum Gasteiger partial charge on any atom is 0.343 e. The fraction of sp³-hybridized carbons (Fsp3) is 0.417. The van der Waals surface area contributed by atoms with Gasteiger partial charge in [0.2, 0.25) is 0 Å². The molecule has 2 aromatic heterocycles. The van der Waals surface area contributed by atoms with Gasteiger partial charge in [0.1, 0.15) is 5.75 Å². The molecular weight excluding hydrogens is 520 g/mol. The van der Waals surface area contributed by atoms with E-state index in [0.29, 0.717) is 23.0 Å². The third-order valence-electron chi connectivity index (χ3n) is 7.50. The molecular formula is C36H44N4O2. The highest BCUT2D eigenvalue weighted by atomic mass is 16.5. The summed E-state index contributed by atoms with van der Waals surface area (Å²) in [6, 6.07) is 14.5. The Kier molecular flexibility index (Phi) is 12.6. The predicted molar refractivity (Wildman–Crippen MR) is 169 cm³/mol. The fourth-order valence-corrected chi connectivity index (χ4v) is 4.90. The number of unbranched alkanes of at least 4 members (excludes halogenated alkanes) is 9. The van der Waals surface area contributed by atoms with E-state index in [4.69, 9.17) is 4.74 Å². The molecule has 6 heteroatoms. The largest absolute Gasteiger partial charge is 0.423 e. The van der Waals surface area contributed by atoms with Crippen LogP contribution in [-0.4, -0.2) is 25.9 Å². The number of carbonyl (C=O) groups is 1. The summed E-state index contributed by atoms with van der Waals surface area (Å²) in [4.78, 5) is 30.9. The topological polar surface area (TPSA) is 77.9 Å². The first-order valence-corrected chi connectivity index (χ1v) is 15.7. The molecule has 0 bridgehead atoms. The van der Waals surface area contributed by atoms with Crippen molar-refractivity contribution in [1.82, 2.24) is 19.9 Å². The average Bonchev–Trinajstić information content (AvgIpc) is 3.04. The van der Waals surface area contributed by atoms with E-state index in [9.17, 15) is 4.79 Å². The molecule has 0 spiro atoms. The lowest BCUT2D eigenvalue weighted by Crippen LogP contribution is -2.08. The second-order valence-electron chi connectivity index (χ2n) is 11.0. The summed E-state index contributed by atoms with van der Waals surface area (Å²) in [6.45, 7) is 4.47. The minimum absolute atomic E-state index is 0.413. The third-order valence-corrected chi connectivity index (χ3v) is 7.50. The van der Waals surface area contributed by atoms with Crippen molar-refractivity contribution < 1.29 is 9.53 Å². The Bertz CT molecular complexity index is 1340. The summed E-state index contributed by atoms with van der Waals surface area (Å²) < 4.78 is 5.60. The first kappa shape index (κ1) is 31.0. The maximum atomic E-state index is 12.7. The van der Waals surface area contributed by atoms with Crippen LogP contribution in [0, 0.1) is 0 Å². The molecule has 42 heavy (non-hydrogen) atoms. The second kappa shape index (κ2) is 17.1. The Balaban J connectivity index is 1.24. The number of hydrogen-bond acceptors (Lipinski definition) is 6. The molecule has 6 nitrogen and oxygen atoms in total. The molecule has 220 valence electrons. The van der Waals surface area contributed by atoms with Crippen molar-refractivity contribution in [2.24, 2.45) is 0 Å². The molecule has 0 fully saturated rings. The zero-order valence-electron chi connectivity index (χ0n) is 25.2. The van der Waals surface area contributed by atoms with E-state index in [2.05, 4.69) is 33.8 Å². The Labute approximate surface area is 251 Å². The summed E-state index contributed by atoms with van der Waals surface area (Å²) in [5.74, 6) is 1.37. The molecule has 0 aliphatic heterocycles. The molecule has 0 aliphatic carbocycles. The zero-order valence-corrected chi connectivity index (χ0v) is 25.2. The molecule has 4 rings (SSSR count). The Morgan fingerprint density at radius 3 is 1.43 bits per heavy atom. The van der Waals surface area contributed by atoms with E-state index in [1.807, 2.05) is 49.1 Å². The van der Waals surface area contributed by atoms with E-state index in [1.165, 1.54) is 69.8 Å². The van der Waals surface area contributed by atoms with Gasteiger partial charge in [-0.05, 0) is 73.2 Å². The van der Waals surface area contributed by atoms with Crippen LogP contribution in [0.4, 0.5) is 0 Å². The molecule has 0 aliphatic rings. The third kappa shape index (κ3) is 9.86. The number of nitrogens with zero attached hydrogens (tertiary/aromatic N) is 4. The van der Waals surface area contributed by atoms with Gasteiger partial charge in [0, 0.05) is 35.9 Å². The number of benzene rings is 2. The van der Waals surface area contributed by atoms with Crippen LogP contribution in [0.5, 0.6) is 5.75 Å². The second-order valence-corrected chi connectivity index (χ2v) is 11.0. The number of esters is 1. The molecule has 0 saturated carbocycles. The van der Waals surface area contributed by atoms with Gasteiger partial charge in [-0.25, -0.2) is 24.7 Å². The molecule has 0 atom stereocenters. The standard InChI is InChI=1S/C36H44N4O2/c1-3-5-7-9-10-11-13-15-29-26-39-35(40-27-29)31-20-22-33(23-21-31)42-36(41)32-18-16-30(17-19-32)34-37-24-28(25-38-34)14-12-8-6-4-2/h16-27H,3-15H2,1-2H3. The van der Waals surface area contributed by atoms with Gasteiger partial charge in [-0.15, -0.1) is 0 Å². The van der Waals surface area contributed by atoms with Gasteiger partial charge in [-0.3, -0.25) is 0 Å². The van der Waals surface area contributed by atoms with Crippen LogP contribution in [0.1, 0.15) is 106 Å². The lowest BCUT2D eigenvalue weighted by Gasteiger charge is -2.07. The summed E-state index contributed by atoms with van der Waals surface area (Å²) in [7, 11) is 0. The van der Waals surface area contributed by atoms with Crippen molar-refractivity contribution in [3.8, 4) is 28.5 Å². The van der Waals surface area contributed by atoms with Gasteiger partial charge >= 0.3 is 5.97 Å². The van der Waals surface area contributed by atoms with Gasteiger partial charge in [0.25, 0.3) is 0 Å². The van der Waals surface area contributed by atoms with E-state index in [1.54, 1.807) is 24.3 Å². The monoisotopic (exact) mass is 564 g/mol. The molecule has 2 heterocycles. The van der Waals surface area contributed by atoms with Crippen LogP contribution in [0.3, 0.4) is 0 Å². The van der Waals surface area contributed by atoms with Crippen molar-refractivity contribution in [3.05, 3.63) is 90.0 Å².